The maximum atomic E-state index is 14.3. The molecule has 2 aliphatic carbocycles. The summed E-state index contributed by atoms with van der Waals surface area (Å²) in [6.45, 7) is 0.876. The molecular weight excluding hydrogens is 403 g/mol. The van der Waals surface area contributed by atoms with Gasteiger partial charge in [0.1, 0.15) is 0 Å². The topological polar surface area (TPSA) is 75.7 Å². The van der Waals surface area contributed by atoms with Crippen LogP contribution in [0.25, 0.3) is 0 Å². The predicted octanol–water partition coefficient (Wildman–Crippen LogP) is 2.06. The second-order valence-corrected chi connectivity index (χ2v) is 9.09. The molecule has 1 saturated heterocycles. The van der Waals surface area contributed by atoms with Crippen LogP contribution in [0.15, 0.2) is 16.6 Å². The molecule has 0 radical (unpaired) electrons. The summed E-state index contributed by atoms with van der Waals surface area (Å²) in [6.07, 6.45) is 2.52. The van der Waals surface area contributed by atoms with Crippen molar-refractivity contribution in [2.75, 3.05) is 13.1 Å². The Balaban J connectivity index is 1.56. The van der Waals surface area contributed by atoms with Gasteiger partial charge in [-0.3, -0.25) is 4.79 Å². The molecule has 2 unspecified atom stereocenters. The van der Waals surface area contributed by atoms with Gasteiger partial charge in [0.05, 0.1) is 16.1 Å². The highest BCUT2D eigenvalue weighted by atomic mass is 79.9. The van der Waals surface area contributed by atoms with Crippen LogP contribution in [-0.4, -0.2) is 37.8 Å². The van der Waals surface area contributed by atoms with Gasteiger partial charge in [0, 0.05) is 13.1 Å². The molecule has 1 aliphatic heterocycles. The SMILES string of the molecule is O=C(NS(=O)(=O)N1CC2CC2C1)c1ccc(Br)c(F)c1OC1CC1. The summed E-state index contributed by atoms with van der Waals surface area (Å²) in [7, 11) is -3.92. The third kappa shape index (κ3) is 3.04. The summed E-state index contributed by atoms with van der Waals surface area (Å²) >= 11 is 3.05. The molecular formula is C15H16BrFN2O4S. The minimum atomic E-state index is -3.92. The van der Waals surface area contributed by atoms with Crippen molar-refractivity contribution in [3.63, 3.8) is 0 Å². The number of carbonyl (C=O) groups excluding carboxylic acids is 1. The molecule has 3 fully saturated rings. The van der Waals surface area contributed by atoms with E-state index in [9.17, 15) is 17.6 Å². The number of piperidine rings is 1. The zero-order chi connectivity index (χ0) is 17.1. The van der Waals surface area contributed by atoms with Gasteiger partial charge in [0.25, 0.3) is 5.91 Å². The number of benzene rings is 1. The van der Waals surface area contributed by atoms with Crippen LogP contribution in [0.4, 0.5) is 4.39 Å². The Morgan fingerprint density at radius 3 is 2.58 bits per heavy atom. The molecule has 0 bridgehead atoms. The molecule has 1 aromatic carbocycles. The minimum absolute atomic E-state index is 0.115. The van der Waals surface area contributed by atoms with Crippen LogP contribution in [0.5, 0.6) is 5.75 Å². The van der Waals surface area contributed by atoms with E-state index in [1.54, 1.807) is 0 Å². The van der Waals surface area contributed by atoms with Gasteiger partial charge in [0.2, 0.25) is 0 Å². The normalized spacial score (nSPS) is 26.1. The maximum Gasteiger partial charge on any atom is 0.304 e. The van der Waals surface area contributed by atoms with E-state index < -0.39 is 21.9 Å². The molecule has 0 spiro atoms. The molecule has 4 rings (SSSR count). The van der Waals surface area contributed by atoms with Crippen LogP contribution in [0.1, 0.15) is 29.6 Å². The number of nitrogens with zero attached hydrogens (tertiary/aromatic N) is 1. The number of hydrogen-bond donors (Lipinski definition) is 1. The van der Waals surface area contributed by atoms with E-state index in [1.807, 2.05) is 4.72 Å². The second kappa shape index (κ2) is 5.67. The summed E-state index contributed by atoms with van der Waals surface area (Å²) in [5, 5.41) is 0. The van der Waals surface area contributed by atoms with E-state index in [-0.39, 0.29) is 21.9 Å². The Labute approximate surface area is 147 Å². The molecule has 24 heavy (non-hydrogen) atoms. The highest BCUT2D eigenvalue weighted by molar-refractivity contribution is 9.10. The van der Waals surface area contributed by atoms with Gasteiger partial charge >= 0.3 is 10.2 Å². The maximum absolute atomic E-state index is 14.3. The average Bonchev–Trinajstić information content (AvgIpc) is 3.44. The Morgan fingerprint density at radius 2 is 1.96 bits per heavy atom. The van der Waals surface area contributed by atoms with Crippen molar-refractivity contribution in [1.29, 1.82) is 0 Å². The monoisotopic (exact) mass is 418 g/mol. The number of halogens is 2. The van der Waals surface area contributed by atoms with Crippen LogP contribution in [0.2, 0.25) is 0 Å². The average molecular weight is 419 g/mol. The smallest absolute Gasteiger partial charge is 0.304 e. The van der Waals surface area contributed by atoms with Gasteiger partial charge in [-0.25, -0.2) is 9.11 Å². The summed E-state index contributed by atoms with van der Waals surface area (Å²) in [5.74, 6) is -0.957. The molecule has 0 aromatic heterocycles. The number of rotatable bonds is 5. The number of amides is 1. The van der Waals surface area contributed by atoms with Crippen molar-refractivity contribution in [3.8, 4) is 5.75 Å². The molecule has 1 aromatic rings. The number of ether oxygens (including phenoxy) is 1. The first-order chi connectivity index (χ1) is 11.3. The molecule has 9 heteroatoms. The van der Waals surface area contributed by atoms with Crippen molar-refractivity contribution in [1.82, 2.24) is 9.03 Å². The van der Waals surface area contributed by atoms with Crippen LogP contribution in [-0.2, 0) is 10.2 Å². The van der Waals surface area contributed by atoms with Crippen molar-refractivity contribution in [2.45, 2.75) is 25.4 Å². The van der Waals surface area contributed by atoms with E-state index in [1.165, 1.54) is 16.4 Å². The van der Waals surface area contributed by atoms with Gasteiger partial charge < -0.3 is 4.74 Å². The standard InChI is InChI=1S/C15H16BrFN2O4S/c16-12-4-3-11(14(13(12)17)23-10-1-2-10)15(20)18-24(21,22)19-6-8-5-9(8)7-19/h3-4,8-10H,1-2,5-7H2,(H,18,20). The molecule has 1 amide bonds. The molecule has 1 N–H and O–H groups in total. The predicted molar refractivity (Wildman–Crippen MR) is 87.3 cm³/mol. The van der Waals surface area contributed by atoms with E-state index in [4.69, 9.17) is 4.74 Å². The van der Waals surface area contributed by atoms with Crippen molar-refractivity contribution >= 4 is 32.0 Å². The third-order valence-electron chi connectivity index (χ3n) is 4.61. The fourth-order valence-electron chi connectivity index (χ4n) is 2.97. The summed E-state index contributed by atoms with van der Waals surface area (Å²) in [6, 6.07) is 2.72. The minimum Gasteiger partial charge on any atom is -0.486 e. The number of fused-ring (bicyclic) bond motifs is 1. The lowest BCUT2D eigenvalue weighted by Crippen LogP contribution is -2.43. The number of carbonyl (C=O) groups is 1. The van der Waals surface area contributed by atoms with Crippen LogP contribution >= 0.6 is 15.9 Å². The Kier molecular flexibility index (Phi) is 3.85. The fourth-order valence-corrected chi connectivity index (χ4v) is 4.53. The highest BCUT2D eigenvalue weighted by Crippen LogP contribution is 2.45. The highest BCUT2D eigenvalue weighted by Gasteiger charge is 2.49. The van der Waals surface area contributed by atoms with Crippen LogP contribution in [0.3, 0.4) is 0 Å². The summed E-state index contributed by atoms with van der Waals surface area (Å²) in [5.41, 5.74) is -0.115. The van der Waals surface area contributed by atoms with E-state index in [0.717, 1.165) is 19.3 Å². The Morgan fingerprint density at radius 1 is 1.29 bits per heavy atom. The van der Waals surface area contributed by atoms with E-state index in [0.29, 0.717) is 24.9 Å². The second-order valence-electron chi connectivity index (χ2n) is 6.56. The lowest BCUT2D eigenvalue weighted by atomic mass is 10.2. The first-order valence-electron chi connectivity index (χ1n) is 7.82. The zero-order valence-electron chi connectivity index (χ0n) is 12.7. The molecule has 130 valence electrons. The van der Waals surface area contributed by atoms with Crippen molar-refractivity contribution < 1.29 is 22.3 Å². The van der Waals surface area contributed by atoms with Crippen molar-refractivity contribution in [2.24, 2.45) is 11.8 Å². The summed E-state index contributed by atoms with van der Waals surface area (Å²) < 4.78 is 47.9. The van der Waals surface area contributed by atoms with Gasteiger partial charge in [-0.05, 0) is 59.2 Å². The largest absolute Gasteiger partial charge is 0.486 e. The fraction of sp³-hybridized carbons (Fsp3) is 0.533. The quantitative estimate of drug-likeness (QED) is 0.793. The summed E-state index contributed by atoms with van der Waals surface area (Å²) in [4.78, 5) is 12.4. The zero-order valence-corrected chi connectivity index (χ0v) is 15.1. The lowest BCUT2D eigenvalue weighted by molar-refractivity contribution is 0.0973. The molecule has 2 atom stereocenters. The van der Waals surface area contributed by atoms with Gasteiger partial charge in [-0.15, -0.1) is 0 Å². The van der Waals surface area contributed by atoms with Crippen LogP contribution < -0.4 is 9.46 Å². The van der Waals surface area contributed by atoms with E-state index >= 15 is 0 Å². The first-order valence-corrected chi connectivity index (χ1v) is 10.1. The van der Waals surface area contributed by atoms with Gasteiger partial charge in [-0.2, -0.15) is 12.7 Å². The van der Waals surface area contributed by atoms with Gasteiger partial charge in [-0.1, -0.05) is 0 Å². The third-order valence-corrected chi connectivity index (χ3v) is 6.64. The first kappa shape index (κ1) is 16.3. The number of nitrogens with one attached hydrogen (secondary N) is 1. The molecule has 2 saturated carbocycles. The molecule has 6 nitrogen and oxygen atoms in total. The lowest BCUT2D eigenvalue weighted by Gasteiger charge is -2.19. The van der Waals surface area contributed by atoms with Crippen LogP contribution in [0, 0.1) is 17.7 Å². The molecule has 1 heterocycles. The van der Waals surface area contributed by atoms with Crippen molar-refractivity contribution in [3.05, 3.63) is 28.0 Å². The number of hydrogen-bond acceptors (Lipinski definition) is 4. The Hall–Kier alpha value is -1.19. The Bertz CT molecular complexity index is 802. The van der Waals surface area contributed by atoms with Gasteiger partial charge in [0.15, 0.2) is 11.6 Å². The molecule has 3 aliphatic rings. The van der Waals surface area contributed by atoms with E-state index in [2.05, 4.69) is 15.9 Å².